The minimum absolute atomic E-state index is 0.170. The van der Waals surface area contributed by atoms with Gasteiger partial charge in [-0.05, 0) is 61.7 Å². The normalized spacial score (nSPS) is 12.3. The van der Waals surface area contributed by atoms with Gasteiger partial charge in [-0.3, -0.25) is 9.10 Å². The van der Waals surface area contributed by atoms with Crippen molar-refractivity contribution in [3.05, 3.63) is 95.1 Å². The number of amides is 1. The molecule has 0 saturated carbocycles. The van der Waals surface area contributed by atoms with E-state index in [0.29, 0.717) is 11.3 Å². The minimum atomic E-state index is -3.72. The van der Waals surface area contributed by atoms with Gasteiger partial charge in [-0.15, -0.1) is 0 Å². The molecular formula is C25H28N2O3S. The van der Waals surface area contributed by atoms with Crippen LogP contribution in [0.3, 0.4) is 0 Å². The number of hydrogen-bond donors (Lipinski definition) is 1. The number of rotatable bonds is 7. The van der Waals surface area contributed by atoms with Crippen LogP contribution in [0.5, 0.6) is 0 Å². The van der Waals surface area contributed by atoms with Crippen molar-refractivity contribution in [1.29, 1.82) is 0 Å². The Labute approximate surface area is 184 Å². The second-order valence-electron chi connectivity index (χ2n) is 7.63. The number of aryl methyl sites for hydroxylation is 2. The van der Waals surface area contributed by atoms with E-state index in [4.69, 9.17) is 0 Å². The Morgan fingerprint density at radius 1 is 1.00 bits per heavy atom. The van der Waals surface area contributed by atoms with E-state index >= 15 is 0 Å². The molecule has 1 amide bonds. The molecule has 0 bridgehead atoms. The molecule has 3 aromatic rings. The van der Waals surface area contributed by atoms with E-state index in [0.717, 1.165) is 17.5 Å². The van der Waals surface area contributed by atoms with E-state index < -0.39 is 10.0 Å². The summed E-state index contributed by atoms with van der Waals surface area (Å²) in [4.78, 5) is 13.0. The summed E-state index contributed by atoms with van der Waals surface area (Å²) in [6.07, 6.45) is 0.965. The minimum Gasteiger partial charge on any atom is -0.346 e. The van der Waals surface area contributed by atoms with Gasteiger partial charge < -0.3 is 5.32 Å². The quantitative estimate of drug-likeness (QED) is 0.574. The van der Waals surface area contributed by atoms with Crippen LogP contribution in [0, 0.1) is 6.92 Å². The van der Waals surface area contributed by atoms with Crippen molar-refractivity contribution in [3.63, 3.8) is 0 Å². The summed E-state index contributed by atoms with van der Waals surface area (Å²) in [6.45, 7) is 5.93. The zero-order chi connectivity index (χ0) is 22.6. The second kappa shape index (κ2) is 9.35. The molecule has 0 aromatic heterocycles. The molecule has 31 heavy (non-hydrogen) atoms. The van der Waals surface area contributed by atoms with E-state index in [-0.39, 0.29) is 16.8 Å². The summed E-state index contributed by atoms with van der Waals surface area (Å²) in [5.41, 5.74) is 4.07. The Morgan fingerprint density at radius 3 is 2.26 bits per heavy atom. The van der Waals surface area contributed by atoms with E-state index in [9.17, 15) is 13.2 Å². The Hall–Kier alpha value is -3.12. The molecule has 0 heterocycles. The molecule has 0 aliphatic rings. The number of sulfonamides is 1. The average Bonchev–Trinajstić information content (AvgIpc) is 2.78. The van der Waals surface area contributed by atoms with Gasteiger partial charge in [-0.1, -0.05) is 55.0 Å². The van der Waals surface area contributed by atoms with Crippen LogP contribution in [0.1, 0.15) is 46.9 Å². The number of nitrogens with one attached hydrogen (secondary N) is 1. The van der Waals surface area contributed by atoms with Gasteiger partial charge in [0.15, 0.2) is 0 Å². The lowest BCUT2D eigenvalue weighted by atomic mass is 10.0. The summed E-state index contributed by atoms with van der Waals surface area (Å²) in [6, 6.07) is 21.3. The van der Waals surface area contributed by atoms with Crippen LogP contribution in [0.4, 0.5) is 5.69 Å². The van der Waals surface area contributed by atoms with Gasteiger partial charge in [0.2, 0.25) is 0 Å². The highest BCUT2D eigenvalue weighted by Gasteiger charge is 2.22. The van der Waals surface area contributed by atoms with Crippen molar-refractivity contribution in [2.75, 3.05) is 11.4 Å². The first-order chi connectivity index (χ1) is 14.7. The molecule has 0 spiro atoms. The summed E-state index contributed by atoms with van der Waals surface area (Å²) >= 11 is 0. The molecule has 0 aliphatic heterocycles. The lowest BCUT2D eigenvalue weighted by molar-refractivity contribution is 0.0940. The summed E-state index contributed by atoms with van der Waals surface area (Å²) < 4.78 is 27.1. The largest absolute Gasteiger partial charge is 0.346 e. The molecule has 0 saturated heterocycles. The maximum atomic E-state index is 13.0. The van der Waals surface area contributed by atoms with Gasteiger partial charge >= 0.3 is 0 Å². The van der Waals surface area contributed by atoms with Crippen LogP contribution in [0.15, 0.2) is 77.7 Å². The molecule has 3 aromatic carbocycles. The van der Waals surface area contributed by atoms with Crippen LogP contribution in [0.25, 0.3) is 0 Å². The van der Waals surface area contributed by atoms with Crippen molar-refractivity contribution in [2.24, 2.45) is 0 Å². The maximum absolute atomic E-state index is 13.0. The molecular weight excluding hydrogens is 408 g/mol. The van der Waals surface area contributed by atoms with Crippen LogP contribution in [-0.2, 0) is 16.4 Å². The number of benzene rings is 3. The Bertz CT molecular complexity index is 1150. The predicted octanol–water partition coefficient (Wildman–Crippen LogP) is 4.87. The number of hydrogen-bond acceptors (Lipinski definition) is 3. The van der Waals surface area contributed by atoms with Crippen LogP contribution >= 0.6 is 0 Å². The number of carbonyl (C=O) groups is 1. The van der Waals surface area contributed by atoms with Crippen LogP contribution in [0.2, 0.25) is 0 Å². The van der Waals surface area contributed by atoms with Crippen LogP contribution in [-0.4, -0.2) is 21.4 Å². The molecule has 6 heteroatoms. The Kier molecular flexibility index (Phi) is 6.81. The first-order valence-corrected chi connectivity index (χ1v) is 11.7. The fraction of sp³-hybridized carbons (Fsp3) is 0.240. The molecule has 1 atom stereocenters. The van der Waals surface area contributed by atoms with Gasteiger partial charge in [-0.25, -0.2) is 8.42 Å². The van der Waals surface area contributed by atoms with Gasteiger partial charge in [0.25, 0.3) is 15.9 Å². The highest BCUT2D eigenvalue weighted by molar-refractivity contribution is 7.92. The fourth-order valence-electron chi connectivity index (χ4n) is 3.26. The van der Waals surface area contributed by atoms with Gasteiger partial charge in [0, 0.05) is 12.6 Å². The first-order valence-electron chi connectivity index (χ1n) is 10.3. The zero-order valence-electron chi connectivity index (χ0n) is 18.3. The fourth-order valence-corrected chi connectivity index (χ4v) is 4.44. The third-order valence-electron chi connectivity index (χ3n) is 5.39. The SMILES string of the molecule is CCc1ccc([C@@H](C)NC(=O)c2cccc(N(C)S(=O)(=O)c3ccc(C)cc3)c2)cc1. The topological polar surface area (TPSA) is 66.5 Å². The molecule has 0 fully saturated rings. The van der Waals surface area contributed by atoms with Gasteiger partial charge in [0.1, 0.15) is 0 Å². The summed E-state index contributed by atoms with van der Waals surface area (Å²) in [5, 5.41) is 2.99. The third kappa shape index (κ3) is 5.14. The van der Waals surface area contributed by atoms with Crippen molar-refractivity contribution < 1.29 is 13.2 Å². The van der Waals surface area contributed by atoms with Gasteiger partial charge in [-0.2, -0.15) is 0 Å². The van der Waals surface area contributed by atoms with Crippen LogP contribution < -0.4 is 9.62 Å². The third-order valence-corrected chi connectivity index (χ3v) is 7.19. The summed E-state index contributed by atoms with van der Waals surface area (Å²) in [5.74, 6) is -0.255. The van der Waals surface area contributed by atoms with E-state index in [2.05, 4.69) is 24.4 Å². The molecule has 0 aliphatic carbocycles. The highest BCUT2D eigenvalue weighted by Crippen LogP contribution is 2.24. The standard InChI is InChI=1S/C25H28N2O3S/c1-5-20-11-13-21(14-12-20)19(3)26-25(28)22-7-6-8-23(17-22)27(4)31(29,30)24-15-9-18(2)10-16-24/h6-17,19H,5H2,1-4H3,(H,26,28)/t19-/m1/s1. The van der Waals surface area contributed by atoms with E-state index in [1.807, 2.05) is 26.0 Å². The second-order valence-corrected chi connectivity index (χ2v) is 9.60. The zero-order valence-corrected chi connectivity index (χ0v) is 19.1. The lowest BCUT2D eigenvalue weighted by Gasteiger charge is -2.21. The summed E-state index contributed by atoms with van der Waals surface area (Å²) in [7, 11) is -2.23. The number of anilines is 1. The monoisotopic (exact) mass is 436 g/mol. The Balaban J connectivity index is 1.78. The van der Waals surface area contributed by atoms with Crippen molar-refractivity contribution in [1.82, 2.24) is 5.32 Å². The van der Waals surface area contributed by atoms with E-state index in [1.54, 1.807) is 48.5 Å². The smallest absolute Gasteiger partial charge is 0.264 e. The van der Waals surface area contributed by atoms with Crippen molar-refractivity contribution >= 4 is 21.6 Å². The predicted molar refractivity (Wildman–Crippen MR) is 125 cm³/mol. The van der Waals surface area contributed by atoms with Crippen molar-refractivity contribution in [2.45, 2.75) is 38.1 Å². The van der Waals surface area contributed by atoms with E-state index in [1.165, 1.54) is 16.9 Å². The first kappa shape index (κ1) is 22.6. The number of carbonyl (C=O) groups excluding carboxylic acids is 1. The molecule has 0 unspecified atom stereocenters. The molecule has 5 nitrogen and oxygen atoms in total. The highest BCUT2D eigenvalue weighted by atomic mass is 32.2. The molecule has 0 radical (unpaired) electrons. The van der Waals surface area contributed by atoms with Crippen molar-refractivity contribution in [3.8, 4) is 0 Å². The van der Waals surface area contributed by atoms with Gasteiger partial charge in [0.05, 0.1) is 16.6 Å². The molecule has 3 rings (SSSR count). The number of nitrogens with zero attached hydrogens (tertiary/aromatic N) is 1. The molecule has 162 valence electrons. The average molecular weight is 437 g/mol. The maximum Gasteiger partial charge on any atom is 0.264 e. The lowest BCUT2D eigenvalue weighted by Crippen LogP contribution is -2.28. The molecule has 1 N–H and O–H groups in total. The Morgan fingerprint density at radius 2 is 1.65 bits per heavy atom.